The number of hydrogen-bond acceptors (Lipinski definition) is 3. The Morgan fingerprint density at radius 1 is 1.59 bits per heavy atom. The summed E-state index contributed by atoms with van der Waals surface area (Å²) in [7, 11) is 0. The van der Waals surface area contributed by atoms with E-state index in [1.54, 1.807) is 0 Å². The summed E-state index contributed by atoms with van der Waals surface area (Å²) in [5.41, 5.74) is 1.01. The smallest absolute Gasteiger partial charge is 0.407 e. The van der Waals surface area contributed by atoms with Crippen LogP contribution in [-0.4, -0.2) is 59.4 Å². The number of rotatable bonds is 1. The Morgan fingerprint density at radius 2 is 2.29 bits per heavy atom. The first-order valence-electron chi connectivity index (χ1n) is 5.55. The second-order valence-corrected chi connectivity index (χ2v) is 4.44. The molecule has 2 rings (SSSR count). The van der Waals surface area contributed by atoms with Gasteiger partial charge in [0, 0.05) is 31.8 Å². The van der Waals surface area contributed by atoms with Gasteiger partial charge in [0.25, 0.3) is 0 Å². The Morgan fingerprint density at radius 3 is 2.82 bits per heavy atom. The van der Waals surface area contributed by atoms with E-state index in [2.05, 4.69) is 0 Å². The van der Waals surface area contributed by atoms with E-state index in [1.165, 1.54) is 6.08 Å². The Balaban J connectivity index is 1.87. The van der Waals surface area contributed by atoms with Crippen LogP contribution in [0, 0.1) is 11.3 Å². The van der Waals surface area contributed by atoms with Crippen molar-refractivity contribution in [3.8, 4) is 6.07 Å². The molecular weight excluding hydrogens is 225 g/mol. The highest BCUT2D eigenvalue weighted by atomic mass is 19.1. The lowest BCUT2D eigenvalue weighted by molar-refractivity contribution is 0.0271. The van der Waals surface area contributed by atoms with E-state index in [-0.39, 0.29) is 12.6 Å². The van der Waals surface area contributed by atoms with Gasteiger partial charge < -0.3 is 10.0 Å². The fraction of sp³-hybridized carbons (Fsp3) is 0.636. The first-order valence-corrected chi connectivity index (χ1v) is 5.55. The van der Waals surface area contributed by atoms with Crippen LogP contribution in [0.15, 0.2) is 11.6 Å². The molecule has 6 heteroatoms. The molecule has 1 N–H and O–H groups in total. The average molecular weight is 239 g/mol. The van der Waals surface area contributed by atoms with Gasteiger partial charge in [-0.05, 0) is 12.0 Å². The monoisotopic (exact) mass is 239 g/mol. The van der Waals surface area contributed by atoms with Crippen LogP contribution < -0.4 is 0 Å². The standard InChI is InChI=1S/C11H14FN3O2/c12-9-7-14(11(16)17)4-2-10(9)15-5-8(6-15)1-3-13/h1,9-10H,2,4-7H2,(H,16,17)/t9-,10+/m1/s1. The van der Waals surface area contributed by atoms with E-state index in [4.69, 9.17) is 10.4 Å². The summed E-state index contributed by atoms with van der Waals surface area (Å²) in [5, 5.41) is 17.2. The second kappa shape index (κ2) is 4.72. The highest BCUT2D eigenvalue weighted by Gasteiger charge is 2.38. The summed E-state index contributed by atoms with van der Waals surface area (Å²) in [6.45, 7) is 1.60. The molecule has 0 unspecified atom stereocenters. The minimum absolute atomic E-state index is 0.0478. The number of nitrogens with zero attached hydrogens (tertiary/aromatic N) is 3. The maximum absolute atomic E-state index is 13.8. The van der Waals surface area contributed by atoms with Crippen molar-refractivity contribution in [1.82, 2.24) is 9.80 Å². The molecule has 92 valence electrons. The van der Waals surface area contributed by atoms with Crippen molar-refractivity contribution in [2.24, 2.45) is 0 Å². The Kier molecular flexibility index (Phi) is 3.29. The number of halogens is 1. The highest BCUT2D eigenvalue weighted by Crippen LogP contribution is 2.26. The summed E-state index contributed by atoms with van der Waals surface area (Å²) in [6, 6.07) is 1.75. The van der Waals surface area contributed by atoms with E-state index in [9.17, 15) is 9.18 Å². The maximum atomic E-state index is 13.8. The van der Waals surface area contributed by atoms with Gasteiger partial charge >= 0.3 is 6.09 Å². The number of amides is 1. The normalized spacial score (nSPS) is 29.4. The number of piperidine rings is 1. The summed E-state index contributed by atoms with van der Waals surface area (Å²) < 4.78 is 13.8. The number of alkyl halides is 1. The molecule has 0 spiro atoms. The van der Waals surface area contributed by atoms with Crippen molar-refractivity contribution >= 4 is 6.09 Å². The van der Waals surface area contributed by atoms with E-state index >= 15 is 0 Å². The third-order valence-electron chi connectivity index (χ3n) is 3.33. The van der Waals surface area contributed by atoms with Crippen molar-refractivity contribution in [2.45, 2.75) is 18.6 Å². The molecule has 0 aromatic heterocycles. The third kappa shape index (κ3) is 2.39. The SMILES string of the molecule is N#CC=C1CN([C@H]2CCN(C(=O)O)C[C@H]2F)C1. The second-order valence-electron chi connectivity index (χ2n) is 4.44. The number of nitriles is 1. The minimum atomic E-state index is -1.14. The van der Waals surface area contributed by atoms with Gasteiger partial charge in [-0.2, -0.15) is 5.26 Å². The van der Waals surface area contributed by atoms with Crippen molar-refractivity contribution in [3.63, 3.8) is 0 Å². The van der Waals surface area contributed by atoms with Crippen LogP contribution in [0.2, 0.25) is 0 Å². The lowest BCUT2D eigenvalue weighted by Crippen LogP contribution is -2.58. The van der Waals surface area contributed by atoms with Gasteiger partial charge in [-0.3, -0.25) is 4.90 Å². The van der Waals surface area contributed by atoms with Gasteiger partial charge in [0.05, 0.1) is 12.6 Å². The van der Waals surface area contributed by atoms with Crippen LogP contribution in [0.1, 0.15) is 6.42 Å². The molecule has 2 saturated heterocycles. The molecule has 1 amide bonds. The lowest BCUT2D eigenvalue weighted by atomic mass is 9.96. The van der Waals surface area contributed by atoms with Gasteiger partial charge in [0.15, 0.2) is 0 Å². The molecule has 2 heterocycles. The molecular formula is C11H14FN3O2. The van der Waals surface area contributed by atoms with Crippen LogP contribution in [0.5, 0.6) is 0 Å². The average Bonchev–Trinajstić information content (AvgIpc) is 2.23. The molecule has 2 aliphatic rings. The Labute approximate surface area is 98.7 Å². The predicted molar refractivity (Wildman–Crippen MR) is 58.2 cm³/mol. The van der Waals surface area contributed by atoms with E-state index in [0.717, 1.165) is 10.5 Å². The van der Waals surface area contributed by atoms with Crippen LogP contribution in [0.3, 0.4) is 0 Å². The molecule has 0 aromatic rings. The quantitative estimate of drug-likeness (QED) is 0.688. The molecule has 0 radical (unpaired) electrons. The number of hydrogen-bond donors (Lipinski definition) is 1. The van der Waals surface area contributed by atoms with Gasteiger partial charge in [0.2, 0.25) is 0 Å². The molecule has 0 saturated carbocycles. The Hall–Kier alpha value is -1.61. The number of carbonyl (C=O) groups is 1. The topological polar surface area (TPSA) is 67.6 Å². The summed E-state index contributed by atoms with van der Waals surface area (Å²) >= 11 is 0. The predicted octanol–water partition coefficient (Wildman–Crippen LogP) is 0.842. The fourth-order valence-electron chi connectivity index (χ4n) is 2.37. The van der Waals surface area contributed by atoms with Crippen molar-refractivity contribution in [2.75, 3.05) is 26.2 Å². The number of allylic oxidation sites excluding steroid dienone is 1. The molecule has 0 bridgehead atoms. The van der Waals surface area contributed by atoms with Gasteiger partial charge in [-0.25, -0.2) is 9.18 Å². The molecule has 0 aromatic carbocycles. The Bertz CT molecular complexity index is 383. The lowest BCUT2D eigenvalue weighted by Gasteiger charge is -2.45. The van der Waals surface area contributed by atoms with E-state index < -0.39 is 12.3 Å². The highest BCUT2D eigenvalue weighted by molar-refractivity contribution is 5.65. The maximum Gasteiger partial charge on any atom is 0.407 e. The van der Waals surface area contributed by atoms with Crippen molar-refractivity contribution < 1.29 is 14.3 Å². The van der Waals surface area contributed by atoms with Crippen LogP contribution in [-0.2, 0) is 0 Å². The fourth-order valence-corrected chi connectivity index (χ4v) is 2.37. The van der Waals surface area contributed by atoms with Crippen molar-refractivity contribution in [1.29, 1.82) is 5.26 Å². The zero-order chi connectivity index (χ0) is 12.4. The number of likely N-dealkylation sites (tertiary alicyclic amines) is 2. The zero-order valence-electron chi connectivity index (χ0n) is 9.34. The molecule has 17 heavy (non-hydrogen) atoms. The summed E-state index contributed by atoms with van der Waals surface area (Å²) in [4.78, 5) is 13.8. The molecule has 2 fully saturated rings. The van der Waals surface area contributed by atoms with E-state index in [1.807, 2.05) is 11.0 Å². The summed E-state index contributed by atoms with van der Waals surface area (Å²) in [6.07, 6.45) is -0.174. The number of carboxylic acid groups (broad SMARTS) is 1. The first kappa shape index (κ1) is 11.9. The van der Waals surface area contributed by atoms with Crippen LogP contribution in [0.4, 0.5) is 9.18 Å². The van der Waals surface area contributed by atoms with Gasteiger partial charge in [0.1, 0.15) is 6.17 Å². The molecule has 2 atom stereocenters. The first-order chi connectivity index (χ1) is 8.11. The molecule has 0 aliphatic carbocycles. The van der Waals surface area contributed by atoms with Crippen molar-refractivity contribution in [3.05, 3.63) is 11.6 Å². The minimum Gasteiger partial charge on any atom is -0.465 e. The van der Waals surface area contributed by atoms with E-state index in [0.29, 0.717) is 26.1 Å². The largest absolute Gasteiger partial charge is 0.465 e. The molecule has 5 nitrogen and oxygen atoms in total. The zero-order valence-corrected chi connectivity index (χ0v) is 9.34. The van der Waals surface area contributed by atoms with Gasteiger partial charge in [-0.15, -0.1) is 0 Å². The van der Waals surface area contributed by atoms with Crippen LogP contribution in [0.25, 0.3) is 0 Å². The third-order valence-corrected chi connectivity index (χ3v) is 3.33. The summed E-state index contributed by atoms with van der Waals surface area (Å²) in [5.74, 6) is 0. The van der Waals surface area contributed by atoms with Crippen LogP contribution >= 0.6 is 0 Å². The molecule has 2 aliphatic heterocycles. The van der Waals surface area contributed by atoms with Gasteiger partial charge in [-0.1, -0.05) is 0 Å².